The molecule has 0 fully saturated rings. The third-order valence-electron chi connectivity index (χ3n) is 16.1. The van der Waals surface area contributed by atoms with Gasteiger partial charge in [0.25, 0.3) is 0 Å². The van der Waals surface area contributed by atoms with E-state index in [0.29, 0.717) is 19.3 Å². The molecule has 1 atom stereocenters. The van der Waals surface area contributed by atoms with Crippen LogP contribution < -0.4 is 0 Å². The lowest BCUT2D eigenvalue weighted by atomic mass is 10.0. The second-order valence-electron chi connectivity index (χ2n) is 24.1. The molecule has 0 heterocycles. The minimum absolute atomic E-state index is 0.0683. The van der Waals surface area contributed by atoms with Crippen molar-refractivity contribution in [3.63, 3.8) is 0 Å². The molecule has 0 radical (unpaired) electrons. The number of carbonyl (C=O) groups is 3. The predicted octanol–water partition coefficient (Wildman–Crippen LogP) is 24.5. The van der Waals surface area contributed by atoms with Crippen molar-refractivity contribution in [2.75, 3.05) is 13.2 Å². The molecule has 0 aromatic rings. The van der Waals surface area contributed by atoms with Crippen molar-refractivity contribution in [3.8, 4) is 0 Å². The molecule has 0 amide bonds. The minimum Gasteiger partial charge on any atom is -0.462 e. The van der Waals surface area contributed by atoms with Crippen LogP contribution in [-0.2, 0) is 28.6 Å². The maximum absolute atomic E-state index is 12.9. The normalized spacial score (nSPS) is 12.3. The summed E-state index contributed by atoms with van der Waals surface area (Å²) >= 11 is 0. The highest BCUT2D eigenvalue weighted by molar-refractivity contribution is 5.71. The van der Waals surface area contributed by atoms with Gasteiger partial charge >= 0.3 is 17.9 Å². The lowest BCUT2D eigenvalue weighted by Crippen LogP contribution is -2.30. The van der Waals surface area contributed by atoms with Gasteiger partial charge in [-0.2, -0.15) is 0 Å². The van der Waals surface area contributed by atoms with Crippen LogP contribution in [0.15, 0.2) is 48.6 Å². The van der Waals surface area contributed by atoms with E-state index in [1.165, 1.54) is 276 Å². The summed E-state index contributed by atoms with van der Waals surface area (Å²) in [5, 5.41) is 0. The summed E-state index contributed by atoms with van der Waals surface area (Å²) in [4.78, 5) is 38.4. The van der Waals surface area contributed by atoms with Gasteiger partial charge in [0.1, 0.15) is 13.2 Å². The fraction of sp³-hybridized carbons (Fsp3) is 0.851. The molecule has 0 bridgehead atoms. The third kappa shape index (κ3) is 66.2. The van der Waals surface area contributed by atoms with Gasteiger partial charge in [0.05, 0.1) is 0 Å². The number of unbranched alkanes of at least 4 members (excludes halogenated alkanes) is 47. The Morgan fingerprint density at radius 2 is 0.450 bits per heavy atom. The van der Waals surface area contributed by atoms with Crippen LogP contribution in [0.2, 0.25) is 0 Å². The summed E-state index contributed by atoms with van der Waals surface area (Å²) in [6.45, 7) is 6.68. The second-order valence-corrected chi connectivity index (χ2v) is 24.1. The highest BCUT2D eigenvalue weighted by Crippen LogP contribution is 2.18. The maximum atomic E-state index is 12.9. The number of allylic oxidation sites excluding steroid dienone is 8. The molecule has 0 aliphatic heterocycles. The number of esters is 3. The van der Waals surface area contributed by atoms with Gasteiger partial charge in [0.2, 0.25) is 0 Å². The van der Waals surface area contributed by atoms with Crippen molar-refractivity contribution in [2.24, 2.45) is 0 Å². The van der Waals surface area contributed by atoms with Gasteiger partial charge in [0.15, 0.2) is 6.10 Å². The molecule has 6 heteroatoms. The molecule has 468 valence electrons. The van der Waals surface area contributed by atoms with Crippen molar-refractivity contribution in [1.29, 1.82) is 0 Å². The molecule has 0 N–H and O–H groups in total. The first-order valence-electron chi connectivity index (χ1n) is 35.6. The Balaban J connectivity index is 4.16. The maximum Gasteiger partial charge on any atom is 0.306 e. The summed E-state index contributed by atoms with van der Waals surface area (Å²) in [6.07, 6.45) is 87.1. The van der Waals surface area contributed by atoms with Crippen LogP contribution in [0, 0.1) is 0 Å². The van der Waals surface area contributed by atoms with Gasteiger partial charge in [-0.05, 0) is 83.5 Å². The van der Waals surface area contributed by atoms with Crippen LogP contribution in [0.5, 0.6) is 0 Å². The van der Waals surface area contributed by atoms with E-state index in [-0.39, 0.29) is 31.1 Å². The summed E-state index contributed by atoms with van der Waals surface area (Å²) in [7, 11) is 0. The summed E-state index contributed by atoms with van der Waals surface area (Å²) < 4.78 is 17.0. The lowest BCUT2D eigenvalue weighted by Gasteiger charge is -2.18. The van der Waals surface area contributed by atoms with E-state index in [0.717, 1.165) is 70.6 Å². The SMILES string of the molecule is CCCCCCC/C=C\C/C=C\C/C=C\CCCCCCCCCCCCCCCCCCC(=O)OCC(COC(=O)CCCCCCCCCCCCCC)OC(=O)CCCCCCCCCCC/C=C\CCCCCCCC. The number of carbonyl (C=O) groups excluding carboxylic acids is 3. The van der Waals surface area contributed by atoms with Gasteiger partial charge in [-0.3, -0.25) is 14.4 Å². The average Bonchev–Trinajstić information content (AvgIpc) is 3.46. The van der Waals surface area contributed by atoms with Crippen molar-refractivity contribution in [1.82, 2.24) is 0 Å². The Morgan fingerprint density at radius 1 is 0.250 bits per heavy atom. The van der Waals surface area contributed by atoms with Crippen molar-refractivity contribution < 1.29 is 28.6 Å². The first-order valence-corrected chi connectivity index (χ1v) is 35.6. The van der Waals surface area contributed by atoms with Crippen LogP contribution in [0.3, 0.4) is 0 Å². The van der Waals surface area contributed by atoms with Crippen LogP contribution in [0.1, 0.15) is 387 Å². The summed E-state index contributed by atoms with van der Waals surface area (Å²) in [6, 6.07) is 0. The zero-order chi connectivity index (χ0) is 57.8. The quantitative estimate of drug-likeness (QED) is 0.0261. The largest absolute Gasteiger partial charge is 0.462 e. The molecule has 0 aliphatic rings. The number of hydrogen-bond donors (Lipinski definition) is 0. The van der Waals surface area contributed by atoms with E-state index in [9.17, 15) is 14.4 Å². The second kappa shape index (κ2) is 68.9. The number of ether oxygens (including phenoxy) is 3. The highest BCUT2D eigenvalue weighted by atomic mass is 16.6. The minimum atomic E-state index is -0.772. The molecule has 0 aromatic heterocycles. The van der Waals surface area contributed by atoms with Gasteiger partial charge in [0, 0.05) is 19.3 Å². The first-order chi connectivity index (χ1) is 39.5. The molecular weight excluding hydrogens is 985 g/mol. The van der Waals surface area contributed by atoms with E-state index in [1.54, 1.807) is 0 Å². The zero-order valence-electron chi connectivity index (χ0n) is 53.9. The van der Waals surface area contributed by atoms with Crippen molar-refractivity contribution >= 4 is 17.9 Å². The standard InChI is InChI=1S/C74H136O6/c1-4-7-10-13-16-19-22-25-27-29-31-32-33-34-35-36-37-38-39-40-41-42-44-45-47-49-52-55-58-61-64-67-73(76)79-70-71(69-78-72(75)66-63-60-57-54-51-24-21-18-15-12-9-6-3)80-74(77)68-65-62-59-56-53-50-48-46-43-30-28-26-23-20-17-14-11-8-5-2/h22,25-26,28-29,31,33-34,71H,4-21,23-24,27,30,32,35-70H2,1-3H3/b25-22-,28-26-,31-29-,34-33-. The fourth-order valence-electron chi connectivity index (χ4n) is 10.7. The first kappa shape index (κ1) is 77.4. The summed E-state index contributed by atoms with van der Waals surface area (Å²) in [5.41, 5.74) is 0. The average molecular weight is 1120 g/mol. The fourth-order valence-corrected chi connectivity index (χ4v) is 10.7. The summed E-state index contributed by atoms with van der Waals surface area (Å²) in [5.74, 6) is -0.845. The van der Waals surface area contributed by atoms with E-state index >= 15 is 0 Å². The van der Waals surface area contributed by atoms with E-state index in [4.69, 9.17) is 14.2 Å². The molecule has 80 heavy (non-hydrogen) atoms. The molecule has 0 spiro atoms. The lowest BCUT2D eigenvalue weighted by molar-refractivity contribution is -0.167. The van der Waals surface area contributed by atoms with Crippen LogP contribution in [0.25, 0.3) is 0 Å². The van der Waals surface area contributed by atoms with Gasteiger partial charge in [-0.25, -0.2) is 0 Å². The van der Waals surface area contributed by atoms with E-state index < -0.39 is 6.10 Å². The Labute approximate surface area is 498 Å². The smallest absolute Gasteiger partial charge is 0.306 e. The predicted molar refractivity (Wildman–Crippen MR) is 349 cm³/mol. The van der Waals surface area contributed by atoms with Crippen LogP contribution >= 0.6 is 0 Å². The number of hydrogen-bond acceptors (Lipinski definition) is 6. The van der Waals surface area contributed by atoms with Crippen LogP contribution in [0.4, 0.5) is 0 Å². The third-order valence-corrected chi connectivity index (χ3v) is 16.1. The van der Waals surface area contributed by atoms with Gasteiger partial charge in [-0.1, -0.05) is 333 Å². The molecule has 0 saturated heterocycles. The Bertz CT molecular complexity index is 1380. The molecule has 0 rings (SSSR count). The molecule has 0 aromatic carbocycles. The Hall–Kier alpha value is -2.63. The van der Waals surface area contributed by atoms with Crippen molar-refractivity contribution in [2.45, 2.75) is 393 Å². The van der Waals surface area contributed by atoms with E-state index in [1.807, 2.05) is 0 Å². The Morgan fingerprint density at radius 3 is 0.713 bits per heavy atom. The van der Waals surface area contributed by atoms with Crippen LogP contribution in [-0.4, -0.2) is 37.2 Å². The zero-order valence-corrected chi connectivity index (χ0v) is 53.9. The van der Waals surface area contributed by atoms with E-state index in [2.05, 4.69) is 69.4 Å². The molecule has 0 saturated carbocycles. The van der Waals surface area contributed by atoms with Crippen molar-refractivity contribution in [3.05, 3.63) is 48.6 Å². The monoisotopic (exact) mass is 1120 g/mol. The number of rotatable bonds is 66. The Kier molecular flexibility index (Phi) is 66.6. The molecule has 1 unspecified atom stereocenters. The topological polar surface area (TPSA) is 78.9 Å². The molecule has 0 aliphatic carbocycles. The molecule has 6 nitrogen and oxygen atoms in total. The van der Waals surface area contributed by atoms with Gasteiger partial charge < -0.3 is 14.2 Å². The highest BCUT2D eigenvalue weighted by Gasteiger charge is 2.19. The van der Waals surface area contributed by atoms with Gasteiger partial charge in [-0.15, -0.1) is 0 Å². The molecular formula is C74H136O6.